The number of allylic oxidation sites excluding steroid dienone is 2. The molecular formula is C29H26N2O3. The summed E-state index contributed by atoms with van der Waals surface area (Å²) in [5.74, 6) is -0.495. The van der Waals surface area contributed by atoms with Crippen molar-refractivity contribution in [3.05, 3.63) is 125 Å². The minimum absolute atomic E-state index is 0.0334. The van der Waals surface area contributed by atoms with E-state index in [1.807, 2.05) is 73.1 Å². The Morgan fingerprint density at radius 2 is 1.06 bits per heavy atom. The number of nitrogens with zero attached hydrogens (tertiary/aromatic N) is 2. The minimum atomic E-state index is -0.719. The SMILES string of the molecule is CCN1C=CC(/C=c2\c(=O)c(=O)/c(=C\C3C=CN(CC)c4ccccc43)c2=O)c2ccccc21. The molecule has 2 unspecified atom stereocenters. The first kappa shape index (κ1) is 21.8. The van der Waals surface area contributed by atoms with Gasteiger partial charge in [0.1, 0.15) is 0 Å². The number of para-hydroxylation sites is 2. The maximum atomic E-state index is 13.3. The number of benzene rings is 2. The Balaban J connectivity index is 1.64. The Hall–Kier alpha value is -3.99. The summed E-state index contributed by atoms with van der Waals surface area (Å²) in [5.41, 5.74) is 2.18. The third kappa shape index (κ3) is 3.54. The fraction of sp³-hybridized carbons (Fsp3) is 0.207. The molecule has 5 rings (SSSR count). The van der Waals surface area contributed by atoms with E-state index in [9.17, 15) is 14.4 Å². The highest BCUT2D eigenvalue weighted by molar-refractivity contribution is 5.66. The third-order valence-electron chi connectivity index (χ3n) is 6.72. The summed E-state index contributed by atoms with van der Waals surface area (Å²) in [7, 11) is 0. The van der Waals surface area contributed by atoms with Gasteiger partial charge in [-0.25, -0.2) is 0 Å². The number of fused-ring (bicyclic) bond motifs is 2. The maximum Gasteiger partial charge on any atom is 0.237 e. The van der Waals surface area contributed by atoms with Gasteiger partial charge in [-0.3, -0.25) is 14.4 Å². The largest absolute Gasteiger partial charge is 0.348 e. The summed E-state index contributed by atoms with van der Waals surface area (Å²) in [6.45, 7) is 5.76. The highest BCUT2D eigenvalue weighted by Crippen LogP contribution is 2.34. The average Bonchev–Trinajstić information content (AvgIpc) is 3.07. The molecule has 0 radical (unpaired) electrons. The van der Waals surface area contributed by atoms with Crippen LogP contribution in [0.4, 0.5) is 11.4 Å². The monoisotopic (exact) mass is 450 g/mol. The van der Waals surface area contributed by atoms with Crippen LogP contribution < -0.4 is 36.5 Å². The van der Waals surface area contributed by atoms with Crippen LogP contribution in [-0.2, 0) is 0 Å². The van der Waals surface area contributed by atoms with Gasteiger partial charge in [-0.1, -0.05) is 60.7 Å². The second-order valence-corrected chi connectivity index (χ2v) is 8.57. The van der Waals surface area contributed by atoms with E-state index in [0.717, 1.165) is 35.6 Å². The molecule has 0 spiro atoms. The van der Waals surface area contributed by atoms with Gasteiger partial charge in [-0.15, -0.1) is 0 Å². The van der Waals surface area contributed by atoms with Crippen molar-refractivity contribution in [3.8, 4) is 0 Å². The van der Waals surface area contributed by atoms with Gasteiger partial charge >= 0.3 is 0 Å². The molecule has 170 valence electrons. The van der Waals surface area contributed by atoms with Crippen LogP contribution in [0.15, 0.2) is 87.5 Å². The van der Waals surface area contributed by atoms with Crippen LogP contribution in [0, 0.1) is 0 Å². The summed E-state index contributed by atoms with van der Waals surface area (Å²) >= 11 is 0. The van der Waals surface area contributed by atoms with Crippen LogP contribution in [0.25, 0.3) is 12.2 Å². The van der Waals surface area contributed by atoms with Gasteiger partial charge in [0, 0.05) is 48.7 Å². The first-order chi connectivity index (χ1) is 16.5. The number of anilines is 2. The highest BCUT2D eigenvalue weighted by atomic mass is 16.2. The molecule has 0 aliphatic carbocycles. The molecule has 0 saturated carbocycles. The average molecular weight is 451 g/mol. The number of hydrogen-bond acceptors (Lipinski definition) is 5. The number of rotatable bonds is 4. The fourth-order valence-electron chi connectivity index (χ4n) is 4.92. The molecule has 0 amide bonds. The summed E-state index contributed by atoms with van der Waals surface area (Å²) in [4.78, 5) is 43.3. The van der Waals surface area contributed by atoms with Crippen LogP contribution in [0.5, 0.6) is 0 Å². The molecule has 34 heavy (non-hydrogen) atoms. The van der Waals surface area contributed by atoms with Crippen molar-refractivity contribution in [1.82, 2.24) is 0 Å². The molecular weight excluding hydrogens is 424 g/mol. The summed E-state index contributed by atoms with van der Waals surface area (Å²) in [5, 5.41) is -0.0668. The molecule has 0 bridgehead atoms. The molecule has 2 aliphatic heterocycles. The van der Waals surface area contributed by atoms with Crippen LogP contribution >= 0.6 is 0 Å². The fourth-order valence-corrected chi connectivity index (χ4v) is 4.92. The molecule has 2 heterocycles. The molecule has 2 aliphatic rings. The zero-order valence-corrected chi connectivity index (χ0v) is 19.3. The minimum Gasteiger partial charge on any atom is -0.348 e. The summed E-state index contributed by atoms with van der Waals surface area (Å²) < 4.78 is 0. The lowest BCUT2D eigenvalue weighted by molar-refractivity contribution is 0.948. The lowest BCUT2D eigenvalue weighted by Crippen LogP contribution is -2.37. The topological polar surface area (TPSA) is 57.7 Å². The van der Waals surface area contributed by atoms with Gasteiger partial charge in [0.05, 0.1) is 10.4 Å². The predicted molar refractivity (Wildman–Crippen MR) is 138 cm³/mol. The predicted octanol–water partition coefficient (Wildman–Crippen LogP) is 2.48. The Kier molecular flexibility index (Phi) is 5.62. The summed E-state index contributed by atoms with van der Waals surface area (Å²) in [6, 6.07) is 15.9. The van der Waals surface area contributed by atoms with E-state index in [-0.39, 0.29) is 22.3 Å². The lowest BCUT2D eigenvalue weighted by Gasteiger charge is -2.28. The van der Waals surface area contributed by atoms with E-state index in [1.54, 1.807) is 12.2 Å². The van der Waals surface area contributed by atoms with Crippen molar-refractivity contribution in [3.63, 3.8) is 0 Å². The third-order valence-corrected chi connectivity index (χ3v) is 6.72. The Morgan fingerprint density at radius 1 is 0.647 bits per heavy atom. The van der Waals surface area contributed by atoms with Crippen molar-refractivity contribution in [2.75, 3.05) is 22.9 Å². The zero-order chi connectivity index (χ0) is 23.8. The summed E-state index contributed by atoms with van der Waals surface area (Å²) in [6.07, 6.45) is 11.2. The van der Waals surface area contributed by atoms with Crippen molar-refractivity contribution >= 4 is 23.5 Å². The number of hydrogen-bond donors (Lipinski definition) is 0. The van der Waals surface area contributed by atoms with Crippen molar-refractivity contribution in [2.45, 2.75) is 25.7 Å². The molecule has 0 aromatic heterocycles. The van der Waals surface area contributed by atoms with Crippen molar-refractivity contribution in [2.24, 2.45) is 0 Å². The highest BCUT2D eigenvalue weighted by Gasteiger charge is 2.21. The molecule has 3 aromatic rings. The first-order valence-corrected chi connectivity index (χ1v) is 11.7. The molecule has 3 aromatic carbocycles. The van der Waals surface area contributed by atoms with E-state index in [2.05, 4.69) is 23.6 Å². The van der Waals surface area contributed by atoms with Gasteiger partial charge in [-0.05, 0) is 37.1 Å². The Morgan fingerprint density at radius 3 is 1.47 bits per heavy atom. The first-order valence-electron chi connectivity index (χ1n) is 11.7. The van der Waals surface area contributed by atoms with E-state index >= 15 is 0 Å². The van der Waals surface area contributed by atoms with Gasteiger partial charge < -0.3 is 9.80 Å². The second-order valence-electron chi connectivity index (χ2n) is 8.57. The molecule has 0 saturated heterocycles. The molecule has 0 fully saturated rings. The van der Waals surface area contributed by atoms with Crippen LogP contribution in [0.2, 0.25) is 0 Å². The Bertz CT molecular complexity index is 1460. The maximum absolute atomic E-state index is 13.3. The standard InChI is InChI=1S/C29H26N2O3/c1-3-30-15-13-19(21-9-5-7-11-25(21)30)17-23-27(32)24(29(34)28(23)33)18-20-14-16-31(4-2)26-12-8-6-10-22(20)26/h5-20H,3-4H2,1-2H3/b23-17-,24-18-. The van der Waals surface area contributed by atoms with Crippen LogP contribution in [-0.4, -0.2) is 13.1 Å². The normalized spacial score (nSPS) is 20.1. The van der Waals surface area contributed by atoms with Gasteiger partial charge in [-0.2, -0.15) is 0 Å². The molecule has 0 N–H and O–H groups in total. The van der Waals surface area contributed by atoms with Gasteiger partial charge in [0.15, 0.2) is 0 Å². The van der Waals surface area contributed by atoms with Crippen LogP contribution in [0.3, 0.4) is 0 Å². The smallest absolute Gasteiger partial charge is 0.237 e. The Labute approximate surface area is 197 Å². The van der Waals surface area contributed by atoms with Crippen molar-refractivity contribution in [1.29, 1.82) is 0 Å². The quantitative estimate of drug-likeness (QED) is 0.572. The van der Waals surface area contributed by atoms with Crippen molar-refractivity contribution < 1.29 is 0 Å². The molecule has 5 nitrogen and oxygen atoms in total. The second kappa shape index (κ2) is 8.75. The molecule has 2 atom stereocenters. The zero-order valence-electron chi connectivity index (χ0n) is 19.3. The van der Waals surface area contributed by atoms with Crippen LogP contribution in [0.1, 0.15) is 36.8 Å². The van der Waals surface area contributed by atoms with Gasteiger partial charge in [0.2, 0.25) is 16.3 Å². The van der Waals surface area contributed by atoms with E-state index in [0.29, 0.717) is 0 Å². The lowest BCUT2D eigenvalue weighted by atomic mass is 9.92. The van der Waals surface area contributed by atoms with E-state index < -0.39 is 16.3 Å². The van der Waals surface area contributed by atoms with E-state index in [4.69, 9.17) is 0 Å². The van der Waals surface area contributed by atoms with Gasteiger partial charge in [0.25, 0.3) is 0 Å². The van der Waals surface area contributed by atoms with E-state index in [1.165, 1.54) is 0 Å². The molecule has 5 heteroatoms.